The molecule has 1 aromatic heterocycles. The highest BCUT2D eigenvalue weighted by Gasteiger charge is 2.35. The Bertz CT molecular complexity index is 439. The lowest BCUT2D eigenvalue weighted by Gasteiger charge is -2.38. The van der Waals surface area contributed by atoms with Crippen LogP contribution in [0.1, 0.15) is 64.6 Å². The predicted octanol–water partition coefficient (Wildman–Crippen LogP) is 4.23. The Morgan fingerprint density at radius 3 is 2.60 bits per heavy atom. The van der Waals surface area contributed by atoms with E-state index in [0.717, 1.165) is 23.4 Å². The SMILES string of the molecule is CC(C)C1CCC(CN)C(c2c(Cl)cnn2C(C)C)C1. The molecule has 3 unspecified atom stereocenters. The van der Waals surface area contributed by atoms with Gasteiger partial charge in [-0.3, -0.25) is 4.68 Å². The third kappa shape index (κ3) is 3.04. The molecule has 0 bridgehead atoms. The number of hydrogen-bond donors (Lipinski definition) is 1. The maximum atomic E-state index is 6.45. The minimum Gasteiger partial charge on any atom is -0.330 e. The van der Waals surface area contributed by atoms with Crippen molar-refractivity contribution in [2.24, 2.45) is 23.5 Å². The number of nitrogens with zero attached hydrogens (tertiary/aromatic N) is 2. The fourth-order valence-electron chi connectivity index (χ4n) is 3.60. The fourth-order valence-corrected chi connectivity index (χ4v) is 3.87. The zero-order chi connectivity index (χ0) is 14.9. The molecule has 4 heteroatoms. The average Bonchev–Trinajstić information content (AvgIpc) is 2.79. The van der Waals surface area contributed by atoms with E-state index < -0.39 is 0 Å². The molecule has 0 aliphatic heterocycles. The van der Waals surface area contributed by atoms with E-state index in [-0.39, 0.29) is 0 Å². The molecule has 2 N–H and O–H groups in total. The van der Waals surface area contributed by atoms with Gasteiger partial charge in [0.2, 0.25) is 0 Å². The molecule has 1 aliphatic carbocycles. The highest BCUT2D eigenvalue weighted by molar-refractivity contribution is 6.31. The summed E-state index contributed by atoms with van der Waals surface area (Å²) in [7, 11) is 0. The zero-order valence-corrected chi connectivity index (χ0v) is 13.9. The van der Waals surface area contributed by atoms with Gasteiger partial charge in [-0.05, 0) is 57.4 Å². The summed E-state index contributed by atoms with van der Waals surface area (Å²) in [4.78, 5) is 0. The summed E-state index contributed by atoms with van der Waals surface area (Å²) in [6, 6.07) is 0.343. The van der Waals surface area contributed by atoms with Crippen molar-refractivity contribution in [1.29, 1.82) is 0 Å². The van der Waals surface area contributed by atoms with E-state index in [4.69, 9.17) is 17.3 Å². The van der Waals surface area contributed by atoms with Crippen molar-refractivity contribution >= 4 is 11.6 Å². The Labute approximate surface area is 127 Å². The molecule has 2 rings (SSSR count). The fraction of sp³-hybridized carbons (Fsp3) is 0.812. The first kappa shape index (κ1) is 15.8. The van der Waals surface area contributed by atoms with Gasteiger partial charge in [-0.25, -0.2) is 0 Å². The summed E-state index contributed by atoms with van der Waals surface area (Å²) in [5, 5.41) is 5.28. The van der Waals surface area contributed by atoms with E-state index in [1.807, 2.05) is 0 Å². The summed E-state index contributed by atoms with van der Waals surface area (Å²) < 4.78 is 2.10. The monoisotopic (exact) mass is 297 g/mol. The van der Waals surface area contributed by atoms with Crippen molar-refractivity contribution in [1.82, 2.24) is 9.78 Å². The molecule has 1 aromatic rings. The normalized spacial score (nSPS) is 27.5. The van der Waals surface area contributed by atoms with Crippen LogP contribution in [0.25, 0.3) is 0 Å². The van der Waals surface area contributed by atoms with Gasteiger partial charge in [0.05, 0.1) is 16.9 Å². The van der Waals surface area contributed by atoms with Gasteiger partial charge < -0.3 is 5.73 Å². The van der Waals surface area contributed by atoms with Gasteiger partial charge >= 0.3 is 0 Å². The molecular formula is C16H28ClN3. The number of aromatic nitrogens is 2. The second-order valence-corrected chi connectivity index (χ2v) is 7.24. The lowest BCUT2D eigenvalue weighted by Crippen LogP contribution is -2.32. The maximum absolute atomic E-state index is 6.45. The Morgan fingerprint density at radius 1 is 1.35 bits per heavy atom. The molecule has 0 radical (unpaired) electrons. The first-order chi connectivity index (χ1) is 9.45. The van der Waals surface area contributed by atoms with Crippen molar-refractivity contribution in [3.8, 4) is 0 Å². The van der Waals surface area contributed by atoms with Crippen molar-refractivity contribution in [3.05, 3.63) is 16.9 Å². The summed E-state index contributed by atoms with van der Waals surface area (Å²) in [6.45, 7) is 9.72. The van der Waals surface area contributed by atoms with Gasteiger partial charge in [0, 0.05) is 12.0 Å². The summed E-state index contributed by atoms with van der Waals surface area (Å²) >= 11 is 6.45. The van der Waals surface area contributed by atoms with Crippen molar-refractivity contribution < 1.29 is 0 Å². The smallest absolute Gasteiger partial charge is 0.0820 e. The van der Waals surface area contributed by atoms with Gasteiger partial charge in [-0.15, -0.1) is 0 Å². The molecule has 114 valence electrons. The first-order valence-corrected chi connectivity index (χ1v) is 8.26. The van der Waals surface area contributed by atoms with Crippen LogP contribution < -0.4 is 5.73 Å². The molecule has 3 nitrogen and oxygen atoms in total. The van der Waals surface area contributed by atoms with E-state index >= 15 is 0 Å². The second-order valence-electron chi connectivity index (χ2n) is 6.84. The number of hydrogen-bond acceptors (Lipinski definition) is 2. The summed E-state index contributed by atoms with van der Waals surface area (Å²) in [5.41, 5.74) is 7.24. The van der Waals surface area contributed by atoms with Gasteiger partial charge in [-0.1, -0.05) is 25.4 Å². The van der Waals surface area contributed by atoms with Gasteiger partial charge in [0.15, 0.2) is 0 Å². The Hall–Kier alpha value is -0.540. The lowest BCUT2D eigenvalue weighted by molar-refractivity contribution is 0.190. The molecule has 1 heterocycles. The Kier molecular flexibility index (Phi) is 5.14. The quantitative estimate of drug-likeness (QED) is 0.903. The molecule has 0 spiro atoms. The van der Waals surface area contributed by atoms with Crippen LogP contribution in [0.15, 0.2) is 6.20 Å². The predicted molar refractivity (Wildman–Crippen MR) is 85.1 cm³/mol. The van der Waals surface area contributed by atoms with Gasteiger partial charge in [-0.2, -0.15) is 5.10 Å². The zero-order valence-electron chi connectivity index (χ0n) is 13.1. The van der Waals surface area contributed by atoms with E-state index in [9.17, 15) is 0 Å². The first-order valence-electron chi connectivity index (χ1n) is 7.88. The Morgan fingerprint density at radius 2 is 2.05 bits per heavy atom. The summed E-state index contributed by atoms with van der Waals surface area (Å²) in [5.74, 6) is 2.50. The van der Waals surface area contributed by atoms with Crippen LogP contribution in [0, 0.1) is 17.8 Å². The van der Waals surface area contributed by atoms with Crippen molar-refractivity contribution in [3.63, 3.8) is 0 Å². The van der Waals surface area contributed by atoms with Crippen LogP contribution in [0.4, 0.5) is 0 Å². The van der Waals surface area contributed by atoms with E-state index in [0.29, 0.717) is 17.9 Å². The molecule has 1 saturated carbocycles. The molecule has 1 aliphatic rings. The topological polar surface area (TPSA) is 43.8 Å². The highest BCUT2D eigenvalue weighted by atomic mass is 35.5. The summed E-state index contributed by atoms with van der Waals surface area (Å²) in [6.07, 6.45) is 5.49. The van der Waals surface area contributed by atoms with Crippen LogP contribution in [-0.2, 0) is 0 Å². The van der Waals surface area contributed by atoms with Crippen LogP contribution >= 0.6 is 11.6 Å². The van der Waals surface area contributed by atoms with Gasteiger partial charge in [0.1, 0.15) is 0 Å². The highest BCUT2D eigenvalue weighted by Crippen LogP contribution is 2.45. The minimum absolute atomic E-state index is 0.343. The molecule has 3 atom stereocenters. The largest absolute Gasteiger partial charge is 0.330 e. The molecule has 0 amide bonds. The lowest BCUT2D eigenvalue weighted by atomic mass is 9.69. The molecular weight excluding hydrogens is 270 g/mol. The second kappa shape index (κ2) is 6.48. The number of nitrogens with two attached hydrogens (primary N) is 1. The number of rotatable bonds is 4. The standard InChI is InChI=1S/C16H28ClN3/c1-10(2)12-5-6-13(8-18)14(7-12)16-15(17)9-19-20(16)11(3)4/h9-14H,5-8,18H2,1-4H3. The van der Waals surface area contributed by atoms with Crippen LogP contribution in [-0.4, -0.2) is 16.3 Å². The molecule has 1 fully saturated rings. The van der Waals surface area contributed by atoms with Crippen molar-refractivity contribution in [2.75, 3.05) is 6.54 Å². The molecule has 0 aromatic carbocycles. The molecule has 0 saturated heterocycles. The van der Waals surface area contributed by atoms with Gasteiger partial charge in [0.25, 0.3) is 0 Å². The van der Waals surface area contributed by atoms with Crippen LogP contribution in [0.2, 0.25) is 5.02 Å². The van der Waals surface area contributed by atoms with E-state index in [1.165, 1.54) is 25.0 Å². The Balaban J connectivity index is 2.33. The third-order valence-electron chi connectivity index (χ3n) is 4.91. The van der Waals surface area contributed by atoms with Crippen LogP contribution in [0.5, 0.6) is 0 Å². The van der Waals surface area contributed by atoms with E-state index in [1.54, 1.807) is 6.20 Å². The molecule has 20 heavy (non-hydrogen) atoms. The maximum Gasteiger partial charge on any atom is 0.0820 e. The minimum atomic E-state index is 0.343. The van der Waals surface area contributed by atoms with Crippen LogP contribution in [0.3, 0.4) is 0 Å². The van der Waals surface area contributed by atoms with E-state index in [2.05, 4.69) is 37.5 Å². The average molecular weight is 298 g/mol. The third-order valence-corrected chi connectivity index (χ3v) is 5.20. The number of halogens is 1. The van der Waals surface area contributed by atoms with Crippen molar-refractivity contribution in [2.45, 2.75) is 58.9 Å².